The summed E-state index contributed by atoms with van der Waals surface area (Å²) in [4.78, 5) is 13.9. The second-order valence-corrected chi connectivity index (χ2v) is 8.59. The third-order valence-corrected chi connectivity index (χ3v) is 6.02. The number of carbonyl (C=O) groups is 1. The molecule has 6 heteroatoms. The van der Waals surface area contributed by atoms with Gasteiger partial charge in [0.2, 0.25) is 0 Å². The molecule has 0 aliphatic carbocycles. The van der Waals surface area contributed by atoms with Crippen LogP contribution in [0.2, 0.25) is 0 Å². The molecule has 1 aromatic heterocycles. The number of halogens is 1. The minimum absolute atomic E-state index is 0.0321. The van der Waals surface area contributed by atoms with E-state index in [0.29, 0.717) is 18.7 Å². The fourth-order valence-corrected chi connectivity index (χ4v) is 4.19. The number of nitrogens with zero attached hydrogens (tertiary/aromatic N) is 1. The summed E-state index contributed by atoms with van der Waals surface area (Å²) in [6.45, 7) is 4.64. The summed E-state index contributed by atoms with van der Waals surface area (Å²) in [5.41, 5.74) is 2.69. The lowest BCUT2D eigenvalue weighted by Crippen LogP contribution is -3.15. The Labute approximate surface area is 184 Å². The first-order valence-corrected chi connectivity index (χ1v) is 11.0. The highest BCUT2D eigenvalue weighted by Gasteiger charge is 2.19. The summed E-state index contributed by atoms with van der Waals surface area (Å²) in [6.07, 6.45) is 5.07. The van der Waals surface area contributed by atoms with Crippen LogP contribution in [0.4, 0.5) is 0 Å². The van der Waals surface area contributed by atoms with E-state index in [1.807, 2.05) is 48.7 Å². The second-order valence-electron chi connectivity index (χ2n) is 7.68. The topological polar surface area (TPSA) is 55.9 Å². The Bertz CT molecular complexity index is 1040. The van der Waals surface area contributed by atoms with Crippen LogP contribution in [0.5, 0.6) is 0 Å². The minimum Gasteiger partial charge on any atom is -0.385 e. The largest absolute Gasteiger partial charge is 0.385 e. The lowest BCUT2D eigenvalue weighted by molar-refractivity contribution is -0.911. The van der Waals surface area contributed by atoms with E-state index in [2.05, 4.69) is 32.6 Å². The van der Waals surface area contributed by atoms with E-state index in [4.69, 9.17) is 4.74 Å². The Kier molecular flexibility index (Phi) is 6.79. The number of ether oxygens (including phenoxy) is 1. The van der Waals surface area contributed by atoms with Gasteiger partial charge in [0.15, 0.2) is 5.78 Å². The van der Waals surface area contributed by atoms with Gasteiger partial charge < -0.3 is 19.3 Å². The molecule has 1 saturated heterocycles. The molecule has 0 unspecified atom stereocenters. The Hall–Kier alpha value is -2.25. The molecule has 2 aromatic carbocycles. The SMILES string of the molecule is O=C(/C=C/c1cn(C[C@H](O)C[NH+]2CCOCC2)c2ccccc12)c1ccc(Br)cc1. The highest BCUT2D eigenvalue weighted by atomic mass is 79.9. The Morgan fingerprint density at radius 2 is 1.90 bits per heavy atom. The van der Waals surface area contributed by atoms with Gasteiger partial charge in [0.1, 0.15) is 25.7 Å². The molecule has 156 valence electrons. The molecular weight excluding hydrogens is 444 g/mol. The van der Waals surface area contributed by atoms with Crippen LogP contribution in [0.15, 0.2) is 65.3 Å². The van der Waals surface area contributed by atoms with Crippen molar-refractivity contribution in [3.05, 3.63) is 76.4 Å². The van der Waals surface area contributed by atoms with Gasteiger partial charge in [0.05, 0.1) is 19.8 Å². The molecule has 5 nitrogen and oxygen atoms in total. The minimum atomic E-state index is -0.435. The zero-order valence-corrected chi connectivity index (χ0v) is 18.3. The van der Waals surface area contributed by atoms with Gasteiger partial charge in [0.25, 0.3) is 0 Å². The monoisotopic (exact) mass is 469 g/mol. The molecule has 3 aromatic rings. The zero-order valence-electron chi connectivity index (χ0n) is 16.8. The standard InChI is InChI=1S/C24H25BrN2O3/c25-20-8-5-18(6-9-20)24(29)10-7-19-15-27(23-4-2-1-3-22(19)23)17-21(28)16-26-11-13-30-14-12-26/h1-10,15,21,28H,11-14,16-17H2/p+1/b10-7+/t21-/m1/s1. The highest BCUT2D eigenvalue weighted by molar-refractivity contribution is 9.10. The fourth-order valence-electron chi connectivity index (χ4n) is 3.92. The smallest absolute Gasteiger partial charge is 0.185 e. The number of hydrogen-bond acceptors (Lipinski definition) is 3. The van der Waals surface area contributed by atoms with Crippen molar-refractivity contribution in [3.8, 4) is 0 Å². The molecule has 0 radical (unpaired) electrons. The number of rotatable bonds is 7. The van der Waals surface area contributed by atoms with Crippen molar-refractivity contribution in [1.82, 2.24) is 4.57 Å². The number of aliphatic hydroxyl groups excluding tert-OH is 1. The first-order chi connectivity index (χ1) is 14.6. The number of aliphatic hydroxyl groups is 1. The molecule has 1 atom stereocenters. The molecule has 30 heavy (non-hydrogen) atoms. The van der Waals surface area contributed by atoms with Crippen molar-refractivity contribution in [2.45, 2.75) is 12.6 Å². The number of carbonyl (C=O) groups excluding carboxylic acids is 1. The van der Waals surface area contributed by atoms with Crippen molar-refractivity contribution < 1.29 is 19.5 Å². The fraction of sp³-hybridized carbons (Fsp3) is 0.292. The first kappa shape index (κ1) is 21.0. The van der Waals surface area contributed by atoms with Gasteiger partial charge in [-0.3, -0.25) is 4.79 Å². The van der Waals surface area contributed by atoms with Gasteiger partial charge in [0, 0.05) is 32.7 Å². The quantitative estimate of drug-likeness (QED) is 0.413. The van der Waals surface area contributed by atoms with Crippen LogP contribution in [0, 0.1) is 0 Å². The van der Waals surface area contributed by atoms with Crippen molar-refractivity contribution >= 4 is 38.7 Å². The number of aromatic nitrogens is 1. The van der Waals surface area contributed by atoms with E-state index < -0.39 is 6.10 Å². The van der Waals surface area contributed by atoms with Crippen molar-refractivity contribution in [1.29, 1.82) is 0 Å². The molecule has 1 aliphatic heterocycles. The summed E-state index contributed by atoms with van der Waals surface area (Å²) in [5, 5.41) is 11.7. The van der Waals surface area contributed by atoms with E-state index >= 15 is 0 Å². The zero-order chi connectivity index (χ0) is 20.9. The number of ketones is 1. The molecule has 2 heterocycles. The number of allylic oxidation sites excluding steroid dienone is 1. The molecular formula is C24H26BrN2O3+. The maximum absolute atomic E-state index is 12.5. The van der Waals surface area contributed by atoms with E-state index in [-0.39, 0.29) is 5.78 Å². The van der Waals surface area contributed by atoms with Gasteiger partial charge in [-0.25, -0.2) is 0 Å². The van der Waals surface area contributed by atoms with Crippen LogP contribution in [0.3, 0.4) is 0 Å². The van der Waals surface area contributed by atoms with Gasteiger partial charge >= 0.3 is 0 Å². The average Bonchev–Trinajstić information content (AvgIpc) is 3.10. The Morgan fingerprint density at radius 1 is 1.17 bits per heavy atom. The van der Waals surface area contributed by atoms with Crippen LogP contribution in [-0.2, 0) is 11.3 Å². The van der Waals surface area contributed by atoms with E-state index in [1.54, 1.807) is 6.08 Å². The number of fused-ring (bicyclic) bond motifs is 1. The number of morpholine rings is 1. The number of para-hydroxylation sites is 1. The summed E-state index contributed by atoms with van der Waals surface area (Å²) in [7, 11) is 0. The number of nitrogens with one attached hydrogen (secondary N) is 1. The maximum Gasteiger partial charge on any atom is 0.185 e. The Morgan fingerprint density at radius 3 is 2.67 bits per heavy atom. The van der Waals surface area contributed by atoms with Crippen LogP contribution in [0.25, 0.3) is 17.0 Å². The molecule has 2 N–H and O–H groups in total. The van der Waals surface area contributed by atoms with E-state index in [9.17, 15) is 9.90 Å². The number of hydrogen-bond donors (Lipinski definition) is 2. The van der Waals surface area contributed by atoms with E-state index in [0.717, 1.165) is 47.2 Å². The normalized spacial score (nSPS) is 16.3. The van der Waals surface area contributed by atoms with Crippen LogP contribution >= 0.6 is 15.9 Å². The lowest BCUT2D eigenvalue weighted by Gasteiger charge is -2.26. The molecule has 1 fully saturated rings. The molecule has 1 aliphatic rings. The van der Waals surface area contributed by atoms with Crippen LogP contribution in [0.1, 0.15) is 15.9 Å². The third-order valence-electron chi connectivity index (χ3n) is 5.49. The molecule has 0 amide bonds. The molecule has 4 rings (SSSR count). The third kappa shape index (κ3) is 5.08. The summed E-state index contributed by atoms with van der Waals surface area (Å²) >= 11 is 3.39. The van der Waals surface area contributed by atoms with Crippen molar-refractivity contribution in [3.63, 3.8) is 0 Å². The summed E-state index contributed by atoms with van der Waals surface area (Å²) < 4.78 is 8.43. The highest BCUT2D eigenvalue weighted by Crippen LogP contribution is 2.23. The summed E-state index contributed by atoms with van der Waals surface area (Å²) in [6, 6.07) is 15.4. The predicted molar refractivity (Wildman–Crippen MR) is 122 cm³/mol. The molecule has 0 spiro atoms. The van der Waals surface area contributed by atoms with Gasteiger partial charge in [-0.15, -0.1) is 0 Å². The van der Waals surface area contributed by atoms with Gasteiger partial charge in [-0.2, -0.15) is 0 Å². The van der Waals surface area contributed by atoms with Gasteiger partial charge in [-0.1, -0.05) is 34.1 Å². The first-order valence-electron chi connectivity index (χ1n) is 10.3. The van der Waals surface area contributed by atoms with Crippen LogP contribution < -0.4 is 4.90 Å². The number of quaternary nitrogens is 1. The molecule has 0 bridgehead atoms. The van der Waals surface area contributed by atoms with Crippen molar-refractivity contribution in [2.24, 2.45) is 0 Å². The van der Waals surface area contributed by atoms with Crippen LogP contribution in [-0.4, -0.2) is 54.4 Å². The number of benzene rings is 2. The maximum atomic E-state index is 12.5. The average molecular weight is 470 g/mol. The lowest BCUT2D eigenvalue weighted by atomic mass is 10.1. The summed E-state index contributed by atoms with van der Waals surface area (Å²) in [5.74, 6) is -0.0321. The van der Waals surface area contributed by atoms with Gasteiger partial charge in [-0.05, 0) is 42.5 Å². The van der Waals surface area contributed by atoms with Crippen molar-refractivity contribution in [2.75, 3.05) is 32.8 Å². The predicted octanol–water partition coefficient (Wildman–Crippen LogP) is 2.58. The van der Waals surface area contributed by atoms with E-state index in [1.165, 1.54) is 4.90 Å². The Balaban J connectivity index is 1.51. The second kappa shape index (κ2) is 9.71. The molecule has 0 saturated carbocycles.